The van der Waals surface area contributed by atoms with Gasteiger partial charge in [-0.3, -0.25) is 4.79 Å². The normalized spacial score (nSPS) is 11.0. The van der Waals surface area contributed by atoms with Gasteiger partial charge in [-0.25, -0.2) is 9.59 Å². The third-order valence-corrected chi connectivity index (χ3v) is 7.06. The van der Waals surface area contributed by atoms with Gasteiger partial charge < -0.3 is 14.2 Å². The fourth-order valence-corrected chi connectivity index (χ4v) is 4.99. The number of nitrogens with zero attached hydrogens (tertiary/aromatic N) is 1. The van der Waals surface area contributed by atoms with E-state index in [4.69, 9.17) is 25.8 Å². The summed E-state index contributed by atoms with van der Waals surface area (Å²) in [5.74, 6) is -1.17. The highest BCUT2D eigenvalue weighted by Crippen LogP contribution is 2.31. The number of Topliss-reactive ketones (excluding diaryl/α,β-unsaturated/α-hetero) is 1. The number of hydrogen-bond donors (Lipinski definition) is 0. The summed E-state index contributed by atoms with van der Waals surface area (Å²) < 4.78 is 16.1. The Balaban J connectivity index is 1.84. The fourth-order valence-electron chi connectivity index (χ4n) is 3.61. The van der Waals surface area contributed by atoms with Crippen molar-refractivity contribution in [2.75, 3.05) is 13.2 Å². The molecule has 0 radical (unpaired) electrons. The molecule has 0 N–H and O–H groups in total. The molecule has 9 heteroatoms. The Morgan fingerprint density at radius 2 is 1.74 bits per heavy atom. The molecule has 0 aliphatic heterocycles. The van der Waals surface area contributed by atoms with E-state index in [-0.39, 0.29) is 42.3 Å². The second-order valence-corrected chi connectivity index (χ2v) is 9.53. The monoisotopic (exact) mass is 551 g/mol. The van der Waals surface area contributed by atoms with Gasteiger partial charge in [0.15, 0.2) is 5.78 Å². The number of carbonyl (C=O) groups excluding carboxylic acids is 3. The fraction of sp³-hybridized carbons (Fsp3) is 0.241. The van der Waals surface area contributed by atoms with Crippen molar-refractivity contribution in [1.29, 1.82) is 5.26 Å². The second-order valence-electron chi connectivity index (χ2n) is 8.02. The molecule has 3 rings (SSSR count). The first kappa shape index (κ1) is 28.6. The predicted octanol–water partition coefficient (Wildman–Crippen LogP) is 6.36. The van der Waals surface area contributed by atoms with Crippen LogP contribution in [0.5, 0.6) is 5.75 Å². The lowest BCUT2D eigenvalue weighted by atomic mass is 10.0. The Hall–Kier alpha value is -3.93. The Bertz CT molecular complexity index is 1420. The van der Waals surface area contributed by atoms with Crippen LogP contribution in [0.1, 0.15) is 55.4 Å². The summed E-state index contributed by atoms with van der Waals surface area (Å²) in [4.78, 5) is 38.7. The minimum Gasteiger partial charge on any atom is -0.489 e. The number of nitriles is 1. The Kier molecular flexibility index (Phi) is 10.2. The van der Waals surface area contributed by atoms with Crippen LogP contribution in [0.2, 0.25) is 5.02 Å². The zero-order valence-electron chi connectivity index (χ0n) is 21.2. The zero-order chi connectivity index (χ0) is 27.7. The first-order chi connectivity index (χ1) is 18.3. The average molecular weight is 552 g/mol. The molecule has 0 saturated heterocycles. The predicted molar refractivity (Wildman–Crippen MR) is 145 cm³/mol. The number of esters is 2. The molecule has 0 unspecified atom stereocenters. The van der Waals surface area contributed by atoms with E-state index >= 15 is 0 Å². The van der Waals surface area contributed by atoms with Gasteiger partial charge in [-0.05, 0) is 56.2 Å². The van der Waals surface area contributed by atoms with E-state index in [1.165, 1.54) is 6.08 Å². The molecule has 0 fully saturated rings. The quantitative estimate of drug-likeness (QED) is 0.155. The lowest BCUT2D eigenvalue weighted by Crippen LogP contribution is -2.12. The standard InChI is InChI=1S/C29H26ClNO6S/c1-4-35-28(33)26-18(3)27(29(34)36-5-2)38-25(26)15-24(32)21(16-31)13-19-9-8-11-22(14-19)37-17-20-10-6-7-12-23(20)30/h6-14H,4-5,15,17H2,1-3H3/b21-13+. The Morgan fingerprint density at radius 3 is 2.42 bits per heavy atom. The molecule has 38 heavy (non-hydrogen) atoms. The summed E-state index contributed by atoms with van der Waals surface area (Å²) in [6.07, 6.45) is 1.21. The van der Waals surface area contributed by atoms with E-state index in [9.17, 15) is 19.6 Å². The maximum Gasteiger partial charge on any atom is 0.348 e. The molecule has 1 aromatic heterocycles. The van der Waals surface area contributed by atoms with Crippen molar-refractivity contribution in [3.63, 3.8) is 0 Å². The van der Waals surface area contributed by atoms with Crippen LogP contribution >= 0.6 is 22.9 Å². The number of ether oxygens (including phenoxy) is 3. The summed E-state index contributed by atoms with van der Waals surface area (Å²) in [6, 6.07) is 16.3. The van der Waals surface area contributed by atoms with Gasteiger partial charge in [-0.15, -0.1) is 11.3 Å². The molecule has 0 atom stereocenters. The van der Waals surface area contributed by atoms with Crippen molar-refractivity contribution in [1.82, 2.24) is 0 Å². The maximum atomic E-state index is 13.1. The summed E-state index contributed by atoms with van der Waals surface area (Å²) >= 11 is 7.18. The van der Waals surface area contributed by atoms with E-state index in [1.54, 1.807) is 51.1 Å². The minimum absolute atomic E-state index is 0.105. The largest absolute Gasteiger partial charge is 0.489 e. The van der Waals surface area contributed by atoms with Crippen molar-refractivity contribution in [3.8, 4) is 11.8 Å². The smallest absolute Gasteiger partial charge is 0.348 e. The number of thiophene rings is 1. The van der Waals surface area contributed by atoms with Crippen LogP contribution < -0.4 is 4.74 Å². The number of hydrogen-bond acceptors (Lipinski definition) is 8. The van der Waals surface area contributed by atoms with Crippen LogP contribution in [0, 0.1) is 18.3 Å². The van der Waals surface area contributed by atoms with Crippen LogP contribution in [0.25, 0.3) is 6.08 Å². The van der Waals surface area contributed by atoms with Gasteiger partial charge in [-0.2, -0.15) is 5.26 Å². The SMILES string of the molecule is CCOC(=O)c1sc(CC(=O)/C(C#N)=C/c2cccc(OCc3ccccc3Cl)c2)c(C(=O)OCC)c1C. The third kappa shape index (κ3) is 7.09. The Morgan fingerprint density at radius 1 is 1.03 bits per heavy atom. The number of halogens is 1. The number of rotatable bonds is 11. The van der Waals surface area contributed by atoms with Gasteiger partial charge in [0.05, 0.1) is 24.4 Å². The molecule has 1 heterocycles. The molecule has 0 bridgehead atoms. The molecule has 0 spiro atoms. The molecule has 3 aromatic rings. The minimum atomic E-state index is -0.634. The molecular weight excluding hydrogens is 526 g/mol. The van der Waals surface area contributed by atoms with Crippen molar-refractivity contribution in [2.24, 2.45) is 0 Å². The van der Waals surface area contributed by atoms with Gasteiger partial charge in [-0.1, -0.05) is 41.9 Å². The highest BCUT2D eigenvalue weighted by Gasteiger charge is 2.28. The topological polar surface area (TPSA) is 103 Å². The average Bonchev–Trinajstić information content (AvgIpc) is 3.22. The summed E-state index contributed by atoms with van der Waals surface area (Å²) in [5, 5.41) is 10.3. The van der Waals surface area contributed by atoms with Gasteiger partial charge in [0.2, 0.25) is 0 Å². The highest BCUT2D eigenvalue weighted by atomic mass is 35.5. The van der Waals surface area contributed by atoms with Crippen molar-refractivity contribution < 1.29 is 28.6 Å². The van der Waals surface area contributed by atoms with Gasteiger partial charge in [0.25, 0.3) is 0 Å². The van der Waals surface area contributed by atoms with Crippen LogP contribution in [-0.2, 0) is 27.3 Å². The number of carbonyl (C=O) groups is 3. The molecule has 7 nitrogen and oxygen atoms in total. The van der Waals surface area contributed by atoms with Crippen LogP contribution in [0.3, 0.4) is 0 Å². The van der Waals surface area contributed by atoms with Crippen LogP contribution in [0.15, 0.2) is 54.1 Å². The van der Waals surface area contributed by atoms with Crippen molar-refractivity contribution in [3.05, 3.63) is 91.1 Å². The maximum absolute atomic E-state index is 13.1. The van der Waals surface area contributed by atoms with E-state index in [1.807, 2.05) is 24.3 Å². The molecule has 0 saturated carbocycles. The van der Waals surface area contributed by atoms with Crippen LogP contribution in [-0.4, -0.2) is 30.9 Å². The molecule has 0 aliphatic carbocycles. The summed E-state index contributed by atoms with van der Waals surface area (Å²) in [6.45, 7) is 5.51. The van der Waals surface area contributed by atoms with Crippen LogP contribution in [0.4, 0.5) is 0 Å². The zero-order valence-corrected chi connectivity index (χ0v) is 22.8. The van der Waals surface area contributed by atoms with Crippen molar-refractivity contribution >= 4 is 46.7 Å². The van der Waals surface area contributed by atoms with E-state index < -0.39 is 17.7 Å². The summed E-state index contributed by atoms with van der Waals surface area (Å²) in [7, 11) is 0. The van der Waals surface area contributed by atoms with Gasteiger partial charge in [0, 0.05) is 21.9 Å². The molecule has 196 valence electrons. The number of ketones is 1. The molecule has 0 aliphatic rings. The highest BCUT2D eigenvalue weighted by molar-refractivity contribution is 7.14. The second kappa shape index (κ2) is 13.6. The van der Waals surface area contributed by atoms with Gasteiger partial charge in [0.1, 0.15) is 23.3 Å². The van der Waals surface area contributed by atoms with Crippen molar-refractivity contribution in [2.45, 2.75) is 33.8 Å². The molecule has 0 amide bonds. The summed E-state index contributed by atoms with van der Waals surface area (Å²) in [5.41, 5.74) is 1.86. The lowest BCUT2D eigenvalue weighted by molar-refractivity contribution is -0.114. The first-order valence-corrected chi connectivity index (χ1v) is 13.1. The van der Waals surface area contributed by atoms with E-state index in [0.29, 0.717) is 26.8 Å². The van der Waals surface area contributed by atoms with E-state index in [0.717, 1.165) is 16.9 Å². The molecular formula is C29H26ClNO6S. The number of benzene rings is 2. The first-order valence-electron chi connectivity index (χ1n) is 11.9. The van der Waals surface area contributed by atoms with Gasteiger partial charge >= 0.3 is 11.9 Å². The molecule has 2 aromatic carbocycles. The van der Waals surface area contributed by atoms with E-state index in [2.05, 4.69) is 0 Å². The Labute approximate surface area is 230 Å². The third-order valence-electron chi connectivity index (χ3n) is 5.42. The lowest BCUT2D eigenvalue weighted by Gasteiger charge is -2.08. The number of allylic oxidation sites excluding steroid dienone is 1.